The van der Waals surface area contributed by atoms with Crippen LogP contribution in [-0.2, 0) is 22.9 Å². The van der Waals surface area contributed by atoms with Gasteiger partial charge in [0.2, 0.25) is 0 Å². The molecule has 0 aliphatic carbocycles. The minimum atomic E-state index is -0.0996. The molecule has 0 aromatic carbocycles. The maximum Gasteiger partial charge on any atom is 0.159 e. The molecule has 1 aromatic rings. The van der Waals surface area contributed by atoms with E-state index in [0.29, 0.717) is 13.2 Å². The molecule has 1 aliphatic heterocycles. The number of rotatable bonds is 7. The molecule has 1 N–H and O–H groups in total. The summed E-state index contributed by atoms with van der Waals surface area (Å²) in [4.78, 5) is 0. The summed E-state index contributed by atoms with van der Waals surface area (Å²) in [6.45, 7) is 6.46. The largest absolute Gasteiger partial charge is 0.350 e. The zero-order valence-electron chi connectivity index (χ0n) is 12.5. The van der Waals surface area contributed by atoms with Gasteiger partial charge in [0.25, 0.3) is 0 Å². The first-order chi connectivity index (χ1) is 9.61. The monoisotopic (exact) mass is 301 g/mol. The van der Waals surface area contributed by atoms with Crippen molar-refractivity contribution in [2.45, 2.75) is 45.4 Å². The predicted molar refractivity (Wildman–Crippen MR) is 79.0 cm³/mol. The molecule has 2 rings (SSSR count). The molecule has 0 amide bonds. The molecule has 6 heteroatoms. The Balaban J connectivity index is 2.01. The van der Waals surface area contributed by atoms with Crippen molar-refractivity contribution in [3.05, 3.63) is 16.4 Å². The number of aromatic nitrogens is 2. The number of hydrogen-bond donors (Lipinski definition) is 1. The van der Waals surface area contributed by atoms with Crippen molar-refractivity contribution < 1.29 is 9.47 Å². The van der Waals surface area contributed by atoms with Crippen molar-refractivity contribution >= 4 is 11.6 Å². The molecular formula is C14H24ClN3O2. The summed E-state index contributed by atoms with van der Waals surface area (Å²) in [5, 5.41) is 8.69. The lowest BCUT2D eigenvalue weighted by atomic mass is 10.1. The van der Waals surface area contributed by atoms with E-state index in [-0.39, 0.29) is 12.3 Å². The Kier molecular flexibility index (Phi) is 5.84. The summed E-state index contributed by atoms with van der Waals surface area (Å²) in [5.74, 6) is 0. The van der Waals surface area contributed by atoms with Crippen LogP contribution < -0.4 is 5.32 Å². The normalized spacial score (nSPS) is 17.8. The lowest BCUT2D eigenvalue weighted by molar-refractivity contribution is -0.0527. The zero-order chi connectivity index (χ0) is 14.5. The molecule has 5 nitrogen and oxygen atoms in total. The summed E-state index contributed by atoms with van der Waals surface area (Å²) in [7, 11) is 1.94. The minimum absolute atomic E-state index is 0.0996. The Hall–Kier alpha value is -0.620. The fourth-order valence-corrected chi connectivity index (χ4v) is 2.74. The van der Waals surface area contributed by atoms with E-state index in [1.54, 1.807) is 0 Å². The zero-order valence-corrected chi connectivity index (χ0v) is 13.2. The van der Waals surface area contributed by atoms with E-state index >= 15 is 0 Å². The second-order valence-electron chi connectivity index (χ2n) is 5.23. The second kappa shape index (κ2) is 7.41. The summed E-state index contributed by atoms with van der Waals surface area (Å²) >= 11 is 6.34. The topological polar surface area (TPSA) is 48.3 Å². The Labute approximate surface area is 125 Å². The van der Waals surface area contributed by atoms with Crippen LogP contribution in [0.5, 0.6) is 0 Å². The van der Waals surface area contributed by atoms with Gasteiger partial charge in [-0.15, -0.1) is 0 Å². The van der Waals surface area contributed by atoms with Gasteiger partial charge in [0.1, 0.15) is 0 Å². The van der Waals surface area contributed by atoms with Gasteiger partial charge in [0.15, 0.2) is 6.29 Å². The van der Waals surface area contributed by atoms with Crippen LogP contribution >= 0.6 is 11.6 Å². The molecule has 1 saturated heterocycles. The first-order valence-corrected chi connectivity index (χ1v) is 7.64. The smallest absolute Gasteiger partial charge is 0.159 e. The van der Waals surface area contributed by atoms with Crippen molar-refractivity contribution in [3.63, 3.8) is 0 Å². The molecule has 20 heavy (non-hydrogen) atoms. The third-order valence-electron chi connectivity index (χ3n) is 3.55. The van der Waals surface area contributed by atoms with Crippen molar-refractivity contribution in [3.8, 4) is 0 Å². The standard InChI is InChI=1S/C14H24ClN3O2/c1-4-5-16-11(9-13-19-6-7-20-13)8-12-14(15)10(2)17-18(12)3/h11,13,16H,4-9H2,1-3H3. The van der Waals surface area contributed by atoms with E-state index in [4.69, 9.17) is 21.1 Å². The quantitative estimate of drug-likeness (QED) is 0.837. The number of aryl methyl sites for hydroxylation is 2. The van der Waals surface area contributed by atoms with Crippen molar-refractivity contribution in [2.24, 2.45) is 7.05 Å². The molecular weight excluding hydrogens is 278 g/mol. The van der Waals surface area contributed by atoms with Gasteiger partial charge in [-0.2, -0.15) is 5.10 Å². The van der Waals surface area contributed by atoms with Gasteiger partial charge >= 0.3 is 0 Å². The van der Waals surface area contributed by atoms with Gasteiger partial charge in [-0.05, 0) is 19.9 Å². The lowest BCUT2D eigenvalue weighted by Crippen LogP contribution is -2.36. The van der Waals surface area contributed by atoms with Crippen molar-refractivity contribution in [1.82, 2.24) is 15.1 Å². The highest BCUT2D eigenvalue weighted by molar-refractivity contribution is 6.31. The molecule has 0 radical (unpaired) electrons. The highest BCUT2D eigenvalue weighted by atomic mass is 35.5. The van der Waals surface area contributed by atoms with Gasteiger partial charge in [-0.1, -0.05) is 18.5 Å². The molecule has 1 fully saturated rings. The molecule has 1 unspecified atom stereocenters. The average molecular weight is 302 g/mol. The molecule has 0 spiro atoms. The lowest BCUT2D eigenvalue weighted by Gasteiger charge is -2.21. The summed E-state index contributed by atoms with van der Waals surface area (Å²) in [6, 6.07) is 0.283. The molecule has 1 aromatic heterocycles. The van der Waals surface area contributed by atoms with Crippen molar-refractivity contribution in [2.75, 3.05) is 19.8 Å². The van der Waals surface area contributed by atoms with Crippen LogP contribution in [0, 0.1) is 6.92 Å². The fourth-order valence-electron chi connectivity index (χ4n) is 2.50. The van der Waals surface area contributed by atoms with E-state index < -0.39 is 0 Å². The Bertz CT molecular complexity index is 430. The van der Waals surface area contributed by atoms with E-state index in [9.17, 15) is 0 Å². The molecule has 0 bridgehead atoms. The third kappa shape index (κ3) is 3.95. The predicted octanol–water partition coefficient (Wildman–Crippen LogP) is 2.06. The molecule has 0 saturated carbocycles. The average Bonchev–Trinajstić information content (AvgIpc) is 3.00. The highest BCUT2D eigenvalue weighted by Gasteiger charge is 2.23. The first-order valence-electron chi connectivity index (χ1n) is 7.26. The van der Waals surface area contributed by atoms with E-state index in [2.05, 4.69) is 17.3 Å². The van der Waals surface area contributed by atoms with E-state index in [1.807, 2.05) is 18.7 Å². The summed E-state index contributed by atoms with van der Waals surface area (Å²) in [5.41, 5.74) is 1.95. The Morgan fingerprint density at radius 3 is 2.70 bits per heavy atom. The summed E-state index contributed by atoms with van der Waals surface area (Å²) < 4.78 is 13.0. The number of nitrogens with zero attached hydrogens (tertiary/aromatic N) is 2. The second-order valence-corrected chi connectivity index (χ2v) is 5.61. The Morgan fingerprint density at radius 2 is 2.15 bits per heavy atom. The minimum Gasteiger partial charge on any atom is -0.350 e. The molecule has 2 heterocycles. The maximum absolute atomic E-state index is 6.34. The van der Waals surface area contributed by atoms with Crippen LogP contribution in [0.3, 0.4) is 0 Å². The van der Waals surface area contributed by atoms with Crippen LogP contribution in [-0.4, -0.2) is 41.9 Å². The van der Waals surface area contributed by atoms with Crippen LogP contribution in [0.15, 0.2) is 0 Å². The van der Waals surface area contributed by atoms with Crippen molar-refractivity contribution in [1.29, 1.82) is 0 Å². The molecule has 1 atom stereocenters. The maximum atomic E-state index is 6.34. The van der Waals surface area contributed by atoms with Crippen LogP contribution in [0.2, 0.25) is 5.02 Å². The van der Waals surface area contributed by atoms with Gasteiger partial charge < -0.3 is 14.8 Å². The van der Waals surface area contributed by atoms with Gasteiger partial charge in [-0.3, -0.25) is 4.68 Å². The van der Waals surface area contributed by atoms with Gasteiger partial charge in [0, 0.05) is 25.9 Å². The SMILES string of the molecule is CCCNC(Cc1c(Cl)c(C)nn1C)CC1OCCO1. The number of hydrogen-bond acceptors (Lipinski definition) is 4. The van der Waals surface area contributed by atoms with Gasteiger partial charge in [-0.25, -0.2) is 0 Å². The number of nitrogens with one attached hydrogen (secondary N) is 1. The number of halogens is 1. The van der Waals surface area contributed by atoms with E-state index in [1.165, 1.54) is 0 Å². The Morgan fingerprint density at radius 1 is 1.45 bits per heavy atom. The van der Waals surface area contributed by atoms with Crippen LogP contribution in [0.1, 0.15) is 31.2 Å². The van der Waals surface area contributed by atoms with Gasteiger partial charge in [0.05, 0.1) is 29.6 Å². The third-order valence-corrected chi connectivity index (χ3v) is 4.04. The number of ether oxygens (including phenoxy) is 2. The van der Waals surface area contributed by atoms with Crippen LogP contribution in [0.4, 0.5) is 0 Å². The molecule has 1 aliphatic rings. The highest BCUT2D eigenvalue weighted by Crippen LogP contribution is 2.22. The van der Waals surface area contributed by atoms with Crippen LogP contribution in [0.25, 0.3) is 0 Å². The fraction of sp³-hybridized carbons (Fsp3) is 0.786. The molecule has 114 valence electrons. The first kappa shape index (κ1) is 15.8. The summed E-state index contributed by atoms with van der Waals surface area (Å²) in [6.07, 6.45) is 2.67. The van der Waals surface area contributed by atoms with E-state index in [0.717, 1.165) is 42.2 Å².